The topological polar surface area (TPSA) is 81.2 Å². The number of piperazine rings is 1. The van der Waals surface area contributed by atoms with Gasteiger partial charge in [-0.05, 0) is 36.6 Å². The second-order valence-corrected chi connectivity index (χ2v) is 8.19. The van der Waals surface area contributed by atoms with Crippen molar-refractivity contribution in [3.05, 3.63) is 41.9 Å². The number of benzene rings is 1. The molecule has 1 unspecified atom stereocenters. The number of carbonyl (C=O) groups is 1. The zero-order valence-electron chi connectivity index (χ0n) is 16.7. The lowest BCUT2D eigenvalue weighted by Gasteiger charge is -2.40. The molecule has 2 aromatic heterocycles. The zero-order valence-corrected chi connectivity index (χ0v) is 17.4. The quantitative estimate of drug-likeness (QED) is 0.649. The molecule has 8 nitrogen and oxygen atoms in total. The lowest BCUT2D eigenvalue weighted by Crippen LogP contribution is -2.52. The summed E-state index contributed by atoms with van der Waals surface area (Å²) in [5.74, 6) is 0.941. The second-order valence-electron chi connectivity index (χ2n) is 7.85. The van der Waals surface area contributed by atoms with Gasteiger partial charge >= 0.3 is 0 Å². The van der Waals surface area contributed by atoms with Gasteiger partial charge in [-0.2, -0.15) is 9.97 Å². The van der Waals surface area contributed by atoms with Crippen LogP contribution in [0.2, 0.25) is 5.28 Å². The number of imidazole rings is 1. The van der Waals surface area contributed by atoms with Gasteiger partial charge in [0.1, 0.15) is 5.52 Å². The molecule has 1 amide bonds. The Morgan fingerprint density at radius 2 is 1.83 bits per heavy atom. The van der Waals surface area contributed by atoms with Gasteiger partial charge in [0, 0.05) is 45.0 Å². The number of carbonyl (C=O) groups excluding carboxylic acids is 1. The van der Waals surface area contributed by atoms with E-state index in [1.807, 2.05) is 11.0 Å². The van der Waals surface area contributed by atoms with Crippen LogP contribution >= 0.6 is 11.6 Å². The molecule has 0 radical (unpaired) electrons. The molecule has 2 aliphatic heterocycles. The van der Waals surface area contributed by atoms with Crippen molar-refractivity contribution in [2.45, 2.75) is 12.8 Å². The highest BCUT2D eigenvalue weighted by Gasteiger charge is 2.32. The number of anilines is 2. The Morgan fingerprint density at radius 1 is 1.03 bits per heavy atom. The predicted octanol–water partition coefficient (Wildman–Crippen LogP) is 2.57. The number of piperidine rings is 1. The summed E-state index contributed by atoms with van der Waals surface area (Å²) < 4.78 is 0. The number of aromatic amines is 1. The highest BCUT2D eigenvalue weighted by Crippen LogP contribution is 2.28. The third kappa shape index (κ3) is 3.67. The Kier molecular flexibility index (Phi) is 5.16. The maximum absolute atomic E-state index is 13.3. The molecular weight excluding hydrogens is 402 g/mol. The highest BCUT2D eigenvalue weighted by atomic mass is 35.5. The number of nitrogens with one attached hydrogen (secondary N) is 1. The Labute approximate surface area is 179 Å². The molecule has 1 N–H and O–H groups in total. The maximum atomic E-state index is 13.3. The minimum absolute atomic E-state index is 0.0336. The van der Waals surface area contributed by atoms with Gasteiger partial charge in [0.05, 0.1) is 12.2 Å². The zero-order chi connectivity index (χ0) is 20.5. The largest absolute Gasteiger partial charge is 0.368 e. The third-order valence-electron chi connectivity index (χ3n) is 6.02. The van der Waals surface area contributed by atoms with Gasteiger partial charge in [-0.3, -0.25) is 4.79 Å². The first-order valence-electron chi connectivity index (χ1n) is 10.4. The number of H-pyrrole nitrogens is 1. The smallest absolute Gasteiger partial charge is 0.227 e. The summed E-state index contributed by atoms with van der Waals surface area (Å²) in [5, 5.41) is 0.176. The maximum Gasteiger partial charge on any atom is 0.227 e. The number of amides is 1. The number of fused-ring (bicyclic) bond motifs is 1. The van der Waals surface area contributed by atoms with E-state index in [-0.39, 0.29) is 17.1 Å². The van der Waals surface area contributed by atoms with Crippen molar-refractivity contribution in [1.29, 1.82) is 0 Å². The lowest BCUT2D eigenvalue weighted by molar-refractivity contribution is -0.136. The van der Waals surface area contributed by atoms with E-state index in [1.165, 1.54) is 5.69 Å². The predicted molar refractivity (Wildman–Crippen MR) is 117 cm³/mol. The molecule has 0 saturated carbocycles. The van der Waals surface area contributed by atoms with Gasteiger partial charge in [0.15, 0.2) is 11.5 Å². The Hall–Kier alpha value is -2.87. The normalized spacial score (nSPS) is 20.0. The molecule has 2 aliphatic rings. The van der Waals surface area contributed by atoms with Crippen LogP contribution in [0.25, 0.3) is 11.2 Å². The fourth-order valence-electron chi connectivity index (χ4n) is 4.47. The minimum Gasteiger partial charge on any atom is -0.368 e. The standard InChI is InChI=1S/C21H24ClN7O/c22-21-25-18-17(23-14-24-18)19(26-21)29-8-4-5-15(13-29)20(30)28-11-9-27(10-12-28)16-6-2-1-3-7-16/h1-3,6-7,14-15H,4-5,8-13H2,(H,23,24,25,26). The van der Waals surface area contributed by atoms with Crippen LogP contribution in [-0.2, 0) is 4.79 Å². The molecule has 0 spiro atoms. The molecule has 4 heterocycles. The van der Waals surface area contributed by atoms with Crippen LogP contribution < -0.4 is 9.80 Å². The van der Waals surface area contributed by atoms with Crippen molar-refractivity contribution in [2.75, 3.05) is 49.1 Å². The second kappa shape index (κ2) is 8.10. The molecule has 1 aromatic carbocycles. The average Bonchev–Trinajstić information content (AvgIpc) is 3.27. The van der Waals surface area contributed by atoms with Crippen molar-refractivity contribution in [1.82, 2.24) is 24.8 Å². The van der Waals surface area contributed by atoms with E-state index in [0.717, 1.165) is 56.9 Å². The van der Waals surface area contributed by atoms with Crippen molar-refractivity contribution >= 4 is 40.2 Å². The number of hydrogen-bond acceptors (Lipinski definition) is 6. The van der Waals surface area contributed by atoms with Crippen molar-refractivity contribution in [2.24, 2.45) is 5.92 Å². The van der Waals surface area contributed by atoms with E-state index >= 15 is 0 Å². The number of para-hydroxylation sites is 1. The number of aromatic nitrogens is 4. The summed E-state index contributed by atoms with van der Waals surface area (Å²) in [6.07, 6.45) is 3.44. The Morgan fingerprint density at radius 3 is 2.63 bits per heavy atom. The van der Waals surface area contributed by atoms with E-state index in [2.05, 4.69) is 54.0 Å². The average molecular weight is 426 g/mol. The number of rotatable bonds is 3. The summed E-state index contributed by atoms with van der Waals surface area (Å²) in [6, 6.07) is 10.4. The van der Waals surface area contributed by atoms with Gasteiger partial charge < -0.3 is 19.7 Å². The molecule has 9 heteroatoms. The van der Waals surface area contributed by atoms with Crippen LogP contribution in [0.5, 0.6) is 0 Å². The minimum atomic E-state index is -0.0336. The highest BCUT2D eigenvalue weighted by molar-refractivity contribution is 6.28. The van der Waals surface area contributed by atoms with Crippen LogP contribution in [-0.4, -0.2) is 70.0 Å². The van der Waals surface area contributed by atoms with Gasteiger partial charge in [0.2, 0.25) is 11.2 Å². The van der Waals surface area contributed by atoms with E-state index in [1.54, 1.807) is 6.33 Å². The van der Waals surface area contributed by atoms with Crippen LogP contribution in [0, 0.1) is 5.92 Å². The van der Waals surface area contributed by atoms with Gasteiger partial charge in [-0.1, -0.05) is 18.2 Å². The van der Waals surface area contributed by atoms with Crippen molar-refractivity contribution in [3.8, 4) is 0 Å². The number of hydrogen-bond donors (Lipinski definition) is 1. The fraction of sp³-hybridized carbons (Fsp3) is 0.429. The van der Waals surface area contributed by atoms with Crippen molar-refractivity contribution < 1.29 is 4.79 Å². The number of nitrogens with zero attached hydrogens (tertiary/aromatic N) is 6. The molecule has 5 rings (SSSR count). The van der Waals surface area contributed by atoms with Crippen LogP contribution in [0.4, 0.5) is 11.5 Å². The molecule has 1 atom stereocenters. The summed E-state index contributed by atoms with van der Waals surface area (Å²) in [7, 11) is 0. The summed E-state index contributed by atoms with van der Waals surface area (Å²) >= 11 is 6.10. The van der Waals surface area contributed by atoms with Gasteiger partial charge in [0.25, 0.3) is 0 Å². The van der Waals surface area contributed by atoms with E-state index < -0.39 is 0 Å². The van der Waals surface area contributed by atoms with Crippen LogP contribution in [0.15, 0.2) is 36.7 Å². The molecule has 0 bridgehead atoms. The summed E-state index contributed by atoms with van der Waals surface area (Å²) in [4.78, 5) is 35.6. The van der Waals surface area contributed by atoms with Crippen molar-refractivity contribution in [3.63, 3.8) is 0 Å². The Bertz CT molecular complexity index is 1030. The SMILES string of the molecule is O=C(C1CCCN(c2nc(Cl)nc3nc[nH]c23)C1)N1CCN(c2ccccc2)CC1. The molecular formula is C21H24ClN7O. The molecule has 30 heavy (non-hydrogen) atoms. The molecule has 0 aliphatic carbocycles. The molecule has 3 aromatic rings. The van der Waals surface area contributed by atoms with Crippen LogP contribution in [0.1, 0.15) is 12.8 Å². The third-order valence-corrected chi connectivity index (χ3v) is 6.19. The first-order chi connectivity index (χ1) is 14.7. The van der Waals surface area contributed by atoms with Gasteiger partial charge in [-0.15, -0.1) is 0 Å². The van der Waals surface area contributed by atoms with Gasteiger partial charge in [-0.25, -0.2) is 4.98 Å². The van der Waals surface area contributed by atoms with E-state index in [9.17, 15) is 4.79 Å². The van der Waals surface area contributed by atoms with E-state index in [0.29, 0.717) is 12.2 Å². The lowest BCUT2D eigenvalue weighted by atomic mass is 9.96. The monoisotopic (exact) mass is 425 g/mol. The first kappa shape index (κ1) is 19.1. The number of halogens is 1. The fourth-order valence-corrected chi connectivity index (χ4v) is 4.63. The summed E-state index contributed by atoms with van der Waals surface area (Å²) in [6.45, 7) is 4.72. The summed E-state index contributed by atoms with van der Waals surface area (Å²) in [5.41, 5.74) is 2.54. The first-order valence-corrected chi connectivity index (χ1v) is 10.8. The molecule has 2 saturated heterocycles. The Balaban J connectivity index is 1.26. The van der Waals surface area contributed by atoms with Crippen LogP contribution in [0.3, 0.4) is 0 Å². The molecule has 156 valence electrons. The molecule has 2 fully saturated rings. The van der Waals surface area contributed by atoms with E-state index in [4.69, 9.17) is 11.6 Å².